The Kier molecular flexibility index (Phi) is 3.87. The predicted molar refractivity (Wildman–Crippen MR) is 73.6 cm³/mol. The fourth-order valence-electron chi connectivity index (χ4n) is 1.70. The molecular formula is C15H12N2O3. The monoisotopic (exact) mass is 268 g/mol. The Bertz CT molecular complexity index is 673. The summed E-state index contributed by atoms with van der Waals surface area (Å²) >= 11 is 0. The molecule has 0 aliphatic carbocycles. The van der Waals surface area contributed by atoms with E-state index in [9.17, 15) is 4.79 Å². The zero-order chi connectivity index (χ0) is 14.5. The number of nitrogens with two attached hydrogens (primary N) is 1. The van der Waals surface area contributed by atoms with Crippen molar-refractivity contribution in [2.45, 2.75) is 6.42 Å². The first kappa shape index (κ1) is 13.4. The van der Waals surface area contributed by atoms with E-state index in [-0.39, 0.29) is 11.3 Å². The molecule has 0 aromatic heterocycles. The number of carbonyl (C=O) groups is 1. The highest BCUT2D eigenvalue weighted by Gasteiger charge is 2.12. The second-order valence-electron chi connectivity index (χ2n) is 4.14. The number of nitrogen functional groups attached to an aromatic ring is 1. The molecule has 3 N–H and O–H groups in total. The largest absolute Gasteiger partial charge is 0.478 e. The first-order valence-corrected chi connectivity index (χ1v) is 5.86. The summed E-state index contributed by atoms with van der Waals surface area (Å²) in [6.07, 6.45) is 0.322. The minimum Gasteiger partial charge on any atom is -0.478 e. The maximum Gasteiger partial charge on any atom is 0.339 e. The van der Waals surface area contributed by atoms with Gasteiger partial charge in [-0.25, -0.2) is 4.79 Å². The van der Waals surface area contributed by atoms with Crippen molar-refractivity contribution >= 4 is 11.7 Å². The molecule has 0 spiro atoms. The molecule has 2 rings (SSSR count). The zero-order valence-corrected chi connectivity index (χ0v) is 10.5. The third-order valence-electron chi connectivity index (χ3n) is 2.67. The van der Waals surface area contributed by atoms with Gasteiger partial charge in [-0.3, -0.25) is 0 Å². The minimum absolute atomic E-state index is 0.00565. The van der Waals surface area contributed by atoms with E-state index in [1.165, 1.54) is 12.1 Å². The molecule has 100 valence electrons. The van der Waals surface area contributed by atoms with Gasteiger partial charge in [0.2, 0.25) is 0 Å². The number of aromatic carboxylic acids is 1. The highest BCUT2D eigenvalue weighted by molar-refractivity contribution is 5.92. The molecule has 5 heteroatoms. The molecule has 0 atom stereocenters. The smallest absolute Gasteiger partial charge is 0.339 e. The molecule has 0 fully saturated rings. The summed E-state index contributed by atoms with van der Waals surface area (Å²) in [5.74, 6) is -0.382. The predicted octanol–water partition coefficient (Wildman–Crippen LogP) is 2.83. The number of hydrogen-bond donors (Lipinski definition) is 2. The minimum atomic E-state index is -1.10. The van der Waals surface area contributed by atoms with Crippen molar-refractivity contribution in [3.63, 3.8) is 0 Å². The number of nitrogens with zero attached hydrogens (tertiary/aromatic N) is 1. The molecule has 20 heavy (non-hydrogen) atoms. The molecule has 0 heterocycles. The van der Waals surface area contributed by atoms with Gasteiger partial charge in [0.1, 0.15) is 17.1 Å². The second kappa shape index (κ2) is 5.76. The highest BCUT2D eigenvalue weighted by atomic mass is 16.5. The fourth-order valence-corrected chi connectivity index (χ4v) is 1.70. The summed E-state index contributed by atoms with van der Waals surface area (Å²) in [4.78, 5) is 11.1. The van der Waals surface area contributed by atoms with E-state index < -0.39 is 5.97 Å². The van der Waals surface area contributed by atoms with E-state index in [2.05, 4.69) is 6.07 Å². The number of carboxylic acids is 1. The van der Waals surface area contributed by atoms with E-state index in [0.717, 1.165) is 5.56 Å². The SMILES string of the molecule is N#CCc1ccc(Oc2ccc(N)cc2C(=O)O)cc1. The van der Waals surface area contributed by atoms with Crippen molar-refractivity contribution in [1.29, 1.82) is 5.26 Å². The van der Waals surface area contributed by atoms with Gasteiger partial charge in [0.15, 0.2) is 0 Å². The number of hydrogen-bond acceptors (Lipinski definition) is 4. The van der Waals surface area contributed by atoms with Crippen LogP contribution in [0.1, 0.15) is 15.9 Å². The van der Waals surface area contributed by atoms with Gasteiger partial charge in [-0.2, -0.15) is 5.26 Å². The van der Waals surface area contributed by atoms with Crippen LogP contribution >= 0.6 is 0 Å². The van der Waals surface area contributed by atoms with Crippen LogP contribution in [0.3, 0.4) is 0 Å². The molecule has 0 radical (unpaired) electrons. The first-order chi connectivity index (χ1) is 9.60. The van der Waals surface area contributed by atoms with Crippen molar-refractivity contribution in [3.8, 4) is 17.6 Å². The van der Waals surface area contributed by atoms with Gasteiger partial charge in [0, 0.05) is 5.69 Å². The Morgan fingerprint density at radius 1 is 1.25 bits per heavy atom. The molecule has 0 unspecified atom stereocenters. The third kappa shape index (κ3) is 3.06. The number of ether oxygens (including phenoxy) is 1. The molecule has 0 saturated carbocycles. The van der Waals surface area contributed by atoms with Gasteiger partial charge >= 0.3 is 5.97 Å². The van der Waals surface area contributed by atoms with Crippen LogP contribution in [0.15, 0.2) is 42.5 Å². The lowest BCUT2D eigenvalue weighted by Gasteiger charge is -2.09. The summed E-state index contributed by atoms with van der Waals surface area (Å²) in [5.41, 5.74) is 6.80. The van der Waals surface area contributed by atoms with Crippen LogP contribution in [0, 0.1) is 11.3 Å². The Hall–Kier alpha value is -3.00. The summed E-state index contributed by atoms with van der Waals surface area (Å²) in [6.45, 7) is 0. The maximum atomic E-state index is 11.1. The lowest BCUT2D eigenvalue weighted by Crippen LogP contribution is -2.01. The molecule has 2 aromatic rings. The normalized spacial score (nSPS) is 9.75. The molecule has 2 aromatic carbocycles. The third-order valence-corrected chi connectivity index (χ3v) is 2.67. The Labute approximate surface area is 115 Å². The van der Waals surface area contributed by atoms with Crippen molar-refractivity contribution in [2.24, 2.45) is 0 Å². The van der Waals surface area contributed by atoms with E-state index >= 15 is 0 Å². The van der Waals surface area contributed by atoms with Crippen molar-refractivity contribution in [2.75, 3.05) is 5.73 Å². The Morgan fingerprint density at radius 3 is 2.55 bits per heavy atom. The van der Waals surface area contributed by atoms with Crippen LogP contribution in [-0.2, 0) is 6.42 Å². The average Bonchev–Trinajstić information content (AvgIpc) is 2.43. The van der Waals surface area contributed by atoms with Crippen LogP contribution in [0.25, 0.3) is 0 Å². The lowest BCUT2D eigenvalue weighted by molar-refractivity contribution is 0.0694. The average molecular weight is 268 g/mol. The van der Waals surface area contributed by atoms with Crippen molar-refractivity contribution in [3.05, 3.63) is 53.6 Å². The number of benzene rings is 2. The van der Waals surface area contributed by atoms with Gasteiger partial charge in [-0.1, -0.05) is 12.1 Å². The van der Waals surface area contributed by atoms with Crippen molar-refractivity contribution in [1.82, 2.24) is 0 Å². The molecule has 5 nitrogen and oxygen atoms in total. The number of nitriles is 1. The van der Waals surface area contributed by atoms with E-state index in [0.29, 0.717) is 17.9 Å². The van der Waals surface area contributed by atoms with Crippen LogP contribution in [0.4, 0.5) is 5.69 Å². The zero-order valence-electron chi connectivity index (χ0n) is 10.5. The highest BCUT2D eigenvalue weighted by Crippen LogP contribution is 2.27. The molecule has 0 amide bonds. The van der Waals surface area contributed by atoms with Crippen LogP contribution in [0.5, 0.6) is 11.5 Å². The molecule has 0 aliphatic rings. The van der Waals surface area contributed by atoms with Gasteiger partial charge in [0.05, 0.1) is 12.5 Å². The van der Waals surface area contributed by atoms with Gasteiger partial charge < -0.3 is 15.6 Å². The second-order valence-corrected chi connectivity index (χ2v) is 4.14. The Balaban J connectivity index is 2.26. The van der Waals surface area contributed by atoms with Gasteiger partial charge in [-0.15, -0.1) is 0 Å². The number of carboxylic acid groups (broad SMARTS) is 1. The number of anilines is 1. The van der Waals surface area contributed by atoms with E-state index in [4.69, 9.17) is 20.8 Å². The van der Waals surface area contributed by atoms with Gasteiger partial charge in [0.25, 0.3) is 0 Å². The standard InChI is InChI=1S/C15H12N2O3/c16-8-7-10-1-4-12(5-2-10)20-14-6-3-11(17)9-13(14)15(18)19/h1-6,9H,7,17H2,(H,18,19). The van der Waals surface area contributed by atoms with Crippen molar-refractivity contribution < 1.29 is 14.6 Å². The molecule has 0 aliphatic heterocycles. The lowest BCUT2D eigenvalue weighted by atomic mass is 10.1. The summed E-state index contributed by atoms with van der Waals surface area (Å²) in [5, 5.41) is 17.7. The number of rotatable bonds is 4. The summed E-state index contributed by atoms with van der Waals surface area (Å²) in [7, 11) is 0. The molecule has 0 bridgehead atoms. The Morgan fingerprint density at radius 2 is 1.95 bits per heavy atom. The van der Waals surface area contributed by atoms with Crippen LogP contribution in [-0.4, -0.2) is 11.1 Å². The van der Waals surface area contributed by atoms with Crippen LogP contribution < -0.4 is 10.5 Å². The maximum absolute atomic E-state index is 11.1. The molecular weight excluding hydrogens is 256 g/mol. The van der Waals surface area contributed by atoms with E-state index in [1.54, 1.807) is 30.3 Å². The topological polar surface area (TPSA) is 96.3 Å². The van der Waals surface area contributed by atoms with Gasteiger partial charge in [-0.05, 0) is 35.9 Å². The molecule has 0 saturated heterocycles. The summed E-state index contributed by atoms with van der Waals surface area (Å²) in [6, 6.07) is 13.4. The quantitative estimate of drug-likeness (QED) is 0.831. The fraction of sp³-hybridized carbons (Fsp3) is 0.0667. The van der Waals surface area contributed by atoms with E-state index in [1.807, 2.05) is 0 Å². The first-order valence-electron chi connectivity index (χ1n) is 5.86. The summed E-state index contributed by atoms with van der Waals surface area (Å²) < 4.78 is 5.54. The van der Waals surface area contributed by atoms with Crippen LogP contribution in [0.2, 0.25) is 0 Å².